The summed E-state index contributed by atoms with van der Waals surface area (Å²) in [5, 5.41) is 107. The van der Waals surface area contributed by atoms with Crippen molar-refractivity contribution in [3.63, 3.8) is 0 Å². The molecule has 15 nitrogen and oxygen atoms in total. The minimum atomic E-state index is -1.71. The Morgan fingerprint density at radius 2 is 1.25 bits per heavy atom. The van der Waals surface area contributed by atoms with Crippen LogP contribution in [-0.4, -0.2) is 150 Å². The standard InChI is InChI=1S/C42H68O15/c1-37(2)12-13-38(3)20(14-37)19-8-9-24-39(4)11-10-25(56-34-31(50)29(48)27(46)22(17-43)54-34)42(7,36(52)53)33(39)21(45)15-41(24,6)40(19,5)16-26(38)57-35-32(51)30(49)28(47)23(18-44)55-35/h8,20-35,43-51H,9-18H2,1-7H3,(H,52,53)/t20-,21+,22+,23+,24+,25-,26-,27+,28+,29-,30-,31+,32+,33+,34-,35-,38-,39+,40+,41+,42+/m0/s1. The predicted octanol–water partition coefficient (Wildman–Crippen LogP) is 0.824. The van der Waals surface area contributed by atoms with Gasteiger partial charge in [-0.2, -0.15) is 0 Å². The summed E-state index contributed by atoms with van der Waals surface area (Å²) in [5.74, 6) is -2.03. The maximum Gasteiger partial charge on any atom is 0.312 e. The van der Waals surface area contributed by atoms with E-state index in [-0.39, 0.29) is 30.1 Å². The van der Waals surface area contributed by atoms with E-state index in [2.05, 4.69) is 47.6 Å². The van der Waals surface area contributed by atoms with Crippen LogP contribution in [0, 0.1) is 50.2 Å². The van der Waals surface area contributed by atoms with E-state index in [9.17, 15) is 55.9 Å². The molecule has 21 atom stereocenters. The minimum absolute atomic E-state index is 0.0144. The van der Waals surface area contributed by atoms with Gasteiger partial charge in [-0.05, 0) is 91.8 Å². The van der Waals surface area contributed by atoms with Gasteiger partial charge in [0.15, 0.2) is 12.6 Å². The van der Waals surface area contributed by atoms with Crippen molar-refractivity contribution in [1.29, 1.82) is 0 Å². The average molecular weight is 813 g/mol. The van der Waals surface area contributed by atoms with Gasteiger partial charge in [-0.25, -0.2) is 0 Å². The van der Waals surface area contributed by atoms with Gasteiger partial charge < -0.3 is 70.0 Å². The molecule has 2 heterocycles. The van der Waals surface area contributed by atoms with Crippen LogP contribution in [0.25, 0.3) is 0 Å². The number of hydrogen-bond donors (Lipinski definition) is 10. The van der Waals surface area contributed by atoms with E-state index in [1.807, 2.05) is 0 Å². The molecule has 0 aromatic heterocycles. The highest BCUT2D eigenvalue weighted by Gasteiger charge is 2.73. The van der Waals surface area contributed by atoms with Gasteiger partial charge in [-0.1, -0.05) is 53.2 Å². The molecule has 0 amide bonds. The molecule has 2 aliphatic heterocycles. The number of carboxylic acid groups (broad SMARTS) is 1. The Morgan fingerprint density at radius 3 is 1.77 bits per heavy atom. The van der Waals surface area contributed by atoms with Crippen LogP contribution in [0.4, 0.5) is 0 Å². The summed E-state index contributed by atoms with van der Waals surface area (Å²) < 4.78 is 24.6. The minimum Gasteiger partial charge on any atom is -0.481 e. The van der Waals surface area contributed by atoms with Gasteiger partial charge in [0.05, 0.1) is 36.9 Å². The van der Waals surface area contributed by atoms with E-state index in [0.717, 1.165) is 19.3 Å². The smallest absolute Gasteiger partial charge is 0.312 e. The lowest BCUT2D eigenvalue weighted by Gasteiger charge is -2.72. The third kappa shape index (κ3) is 6.35. The Morgan fingerprint density at radius 1 is 0.702 bits per heavy atom. The molecule has 0 aromatic carbocycles. The second-order valence-electron chi connectivity index (χ2n) is 20.9. The molecule has 5 aliphatic carbocycles. The topological polar surface area (TPSA) is 256 Å². The van der Waals surface area contributed by atoms with Gasteiger partial charge in [-0.15, -0.1) is 0 Å². The van der Waals surface area contributed by atoms with Crippen LogP contribution in [0.3, 0.4) is 0 Å². The van der Waals surface area contributed by atoms with Gasteiger partial charge in [0.1, 0.15) is 48.8 Å². The third-order valence-electron chi connectivity index (χ3n) is 17.4. The van der Waals surface area contributed by atoms with Crippen LogP contribution in [0.1, 0.15) is 99.8 Å². The molecule has 4 saturated carbocycles. The molecule has 15 heteroatoms. The number of rotatable bonds is 7. The van der Waals surface area contributed by atoms with E-state index in [0.29, 0.717) is 19.3 Å². The summed E-state index contributed by atoms with van der Waals surface area (Å²) in [6, 6.07) is 0. The molecule has 0 bridgehead atoms. The largest absolute Gasteiger partial charge is 0.481 e. The highest BCUT2D eigenvalue weighted by atomic mass is 16.7. The third-order valence-corrected chi connectivity index (χ3v) is 17.4. The maximum absolute atomic E-state index is 13.6. The number of carbonyl (C=O) groups is 1. The highest BCUT2D eigenvalue weighted by molar-refractivity contribution is 5.76. The number of ether oxygens (including phenoxy) is 4. The molecule has 0 radical (unpaired) electrons. The van der Waals surface area contributed by atoms with Crippen molar-refractivity contribution >= 4 is 5.97 Å². The number of carboxylic acids is 1. The summed E-state index contributed by atoms with van der Waals surface area (Å²) in [7, 11) is 0. The fourth-order valence-corrected chi connectivity index (χ4v) is 13.7. The molecular weight excluding hydrogens is 744 g/mol. The maximum atomic E-state index is 13.6. The molecule has 10 N–H and O–H groups in total. The Kier molecular flexibility index (Phi) is 11.3. The first-order chi connectivity index (χ1) is 26.4. The van der Waals surface area contributed by atoms with Crippen molar-refractivity contribution < 1.29 is 74.8 Å². The predicted molar refractivity (Wildman–Crippen MR) is 201 cm³/mol. The van der Waals surface area contributed by atoms with E-state index in [1.54, 1.807) is 6.92 Å². The van der Waals surface area contributed by atoms with Crippen LogP contribution in [0.2, 0.25) is 0 Å². The normalized spacial score (nSPS) is 56.0. The molecule has 6 fully saturated rings. The fraction of sp³-hybridized carbons (Fsp3) is 0.929. The Balaban J connectivity index is 1.25. The zero-order valence-electron chi connectivity index (χ0n) is 34.4. The molecule has 7 aliphatic rings. The van der Waals surface area contributed by atoms with Crippen molar-refractivity contribution in [1.82, 2.24) is 0 Å². The lowest BCUT2D eigenvalue weighted by atomic mass is 9.32. The first-order valence-electron chi connectivity index (χ1n) is 21.0. The van der Waals surface area contributed by atoms with Crippen molar-refractivity contribution in [2.45, 2.75) is 180 Å². The van der Waals surface area contributed by atoms with Crippen LogP contribution >= 0.6 is 0 Å². The molecule has 2 saturated heterocycles. The SMILES string of the molecule is CC1(C)CC[C@]2(C)[C@@H](O[C@@H]3O[C@H](CO)[C@@H](O)[C@H](O)[C@H]3O)C[C@]3(C)C(=CC[C@@H]4[C@@]5(C)CC[C@H](O[C@@H]6O[C@H](CO)[C@@H](O)[C@H](O)[C@H]6O)[C@@](C)(C(=O)O)[C@@H]5[C@H](O)C[C@]43C)[C@@H]2C1. The Hall–Kier alpha value is -1.31. The zero-order valence-corrected chi connectivity index (χ0v) is 34.4. The summed E-state index contributed by atoms with van der Waals surface area (Å²) in [4.78, 5) is 13.6. The van der Waals surface area contributed by atoms with Crippen molar-refractivity contribution in [2.75, 3.05) is 13.2 Å². The lowest BCUT2D eigenvalue weighted by Crippen LogP contribution is -2.71. The first-order valence-corrected chi connectivity index (χ1v) is 21.0. The molecule has 7 rings (SSSR count). The summed E-state index contributed by atoms with van der Waals surface area (Å²) in [6.07, 6.45) is -10.4. The average Bonchev–Trinajstić information content (AvgIpc) is 3.14. The van der Waals surface area contributed by atoms with E-state index in [4.69, 9.17) is 18.9 Å². The Bertz CT molecular complexity index is 1550. The summed E-state index contributed by atoms with van der Waals surface area (Å²) in [6.45, 7) is 13.6. The fourth-order valence-electron chi connectivity index (χ4n) is 13.7. The van der Waals surface area contributed by atoms with Crippen LogP contribution in [0.5, 0.6) is 0 Å². The molecule has 0 spiro atoms. The van der Waals surface area contributed by atoms with Crippen molar-refractivity contribution in [3.05, 3.63) is 11.6 Å². The molecule has 326 valence electrons. The lowest BCUT2D eigenvalue weighted by molar-refractivity contribution is -0.337. The van der Waals surface area contributed by atoms with Crippen LogP contribution in [-0.2, 0) is 23.7 Å². The second kappa shape index (κ2) is 14.7. The number of allylic oxidation sites excluding steroid dienone is 2. The number of hydrogen-bond acceptors (Lipinski definition) is 14. The van der Waals surface area contributed by atoms with Gasteiger partial charge in [-0.3, -0.25) is 4.79 Å². The van der Waals surface area contributed by atoms with E-state index < -0.39 is 132 Å². The molecule has 0 aromatic rings. The highest BCUT2D eigenvalue weighted by Crippen LogP contribution is 2.76. The summed E-state index contributed by atoms with van der Waals surface area (Å²) in [5.41, 5.74) is -2.63. The molecule has 0 unspecified atom stereocenters. The summed E-state index contributed by atoms with van der Waals surface area (Å²) >= 11 is 0. The van der Waals surface area contributed by atoms with Crippen LogP contribution < -0.4 is 0 Å². The monoisotopic (exact) mass is 812 g/mol. The number of fused-ring (bicyclic) bond motifs is 7. The van der Waals surface area contributed by atoms with E-state index in [1.165, 1.54) is 5.57 Å². The van der Waals surface area contributed by atoms with Crippen molar-refractivity contribution in [2.24, 2.45) is 50.2 Å². The van der Waals surface area contributed by atoms with Gasteiger partial charge >= 0.3 is 5.97 Å². The first kappa shape index (κ1) is 43.8. The second-order valence-corrected chi connectivity index (χ2v) is 20.9. The Labute approximate surface area is 335 Å². The van der Waals surface area contributed by atoms with Gasteiger partial charge in [0.2, 0.25) is 0 Å². The zero-order chi connectivity index (χ0) is 42.0. The van der Waals surface area contributed by atoms with Crippen LogP contribution in [0.15, 0.2) is 11.6 Å². The van der Waals surface area contributed by atoms with Crippen molar-refractivity contribution in [3.8, 4) is 0 Å². The number of aliphatic hydroxyl groups excluding tert-OH is 9. The van der Waals surface area contributed by atoms with Gasteiger partial charge in [0, 0.05) is 11.3 Å². The quantitative estimate of drug-likeness (QED) is 0.126. The molecule has 57 heavy (non-hydrogen) atoms. The van der Waals surface area contributed by atoms with E-state index >= 15 is 0 Å². The number of aliphatic hydroxyl groups is 9. The van der Waals surface area contributed by atoms with Gasteiger partial charge in [0.25, 0.3) is 0 Å². The number of aliphatic carboxylic acids is 1. The molecular formula is C42H68O15.